The van der Waals surface area contributed by atoms with Crippen molar-refractivity contribution in [3.63, 3.8) is 0 Å². The number of hydrogen-bond donors (Lipinski definition) is 1. The molecular formula is C19H19F3N6O2S. The van der Waals surface area contributed by atoms with Gasteiger partial charge in [-0.3, -0.25) is 0 Å². The van der Waals surface area contributed by atoms with Crippen molar-refractivity contribution in [2.75, 3.05) is 5.75 Å². The van der Waals surface area contributed by atoms with Gasteiger partial charge in [0.1, 0.15) is 23.0 Å². The fourth-order valence-corrected chi connectivity index (χ4v) is 3.89. The molecule has 31 heavy (non-hydrogen) atoms. The molecule has 0 amide bonds. The molecule has 0 bridgehead atoms. The van der Waals surface area contributed by atoms with E-state index in [2.05, 4.69) is 15.0 Å². The minimum absolute atomic E-state index is 0.00990. The van der Waals surface area contributed by atoms with Gasteiger partial charge < -0.3 is 9.30 Å². The standard InChI is InChI=1S/C19H19F3N6O2S/c1-5-31(24,29)14-7-12(30-18(2,3)10-23)9-25-15(14)17-27-13-6-11(19(20,21)22)8-26-16(13)28(17)4/h6-9,24H,5H2,1-4H3. The molecule has 0 fully saturated rings. The molecule has 3 rings (SSSR count). The van der Waals surface area contributed by atoms with E-state index in [1.807, 2.05) is 6.07 Å². The molecule has 0 saturated carbocycles. The van der Waals surface area contributed by atoms with Crippen LogP contribution in [0.3, 0.4) is 0 Å². The first-order chi connectivity index (χ1) is 14.3. The Morgan fingerprint density at radius 2 is 1.94 bits per heavy atom. The molecule has 3 aromatic heterocycles. The average Bonchev–Trinajstić information content (AvgIpc) is 3.03. The molecule has 12 heteroatoms. The second-order valence-corrected chi connectivity index (χ2v) is 9.63. The van der Waals surface area contributed by atoms with E-state index in [0.29, 0.717) is 6.20 Å². The van der Waals surface area contributed by atoms with Crippen molar-refractivity contribution < 1.29 is 22.1 Å². The first-order valence-electron chi connectivity index (χ1n) is 9.06. The van der Waals surface area contributed by atoms with Crippen LogP contribution in [0.5, 0.6) is 5.75 Å². The van der Waals surface area contributed by atoms with Crippen LogP contribution in [0.4, 0.5) is 13.2 Å². The van der Waals surface area contributed by atoms with E-state index < -0.39 is 27.1 Å². The van der Waals surface area contributed by atoms with E-state index in [0.717, 1.165) is 6.07 Å². The number of nitriles is 1. The average molecular weight is 452 g/mol. The van der Waals surface area contributed by atoms with Gasteiger partial charge in [0.05, 0.1) is 26.4 Å². The highest BCUT2D eigenvalue weighted by molar-refractivity contribution is 7.92. The third-order valence-electron chi connectivity index (χ3n) is 4.48. The summed E-state index contributed by atoms with van der Waals surface area (Å²) in [6, 6.07) is 4.19. The molecule has 0 aliphatic rings. The number of halogens is 3. The first-order valence-corrected chi connectivity index (χ1v) is 10.8. The SMILES string of the molecule is CCS(=N)(=O)c1cc(OC(C)(C)C#N)cnc1-c1nc2cc(C(F)(F)F)cnc2n1C. The smallest absolute Gasteiger partial charge is 0.417 e. The molecule has 0 aliphatic heterocycles. The molecule has 8 nitrogen and oxygen atoms in total. The van der Waals surface area contributed by atoms with Crippen molar-refractivity contribution >= 4 is 20.9 Å². The topological polar surface area (TPSA) is 118 Å². The maximum atomic E-state index is 13.0. The Balaban J connectivity index is 2.23. The zero-order valence-electron chi connectivity index (χ0n) is 17.1. The number of nitrogens with one attached hydrogen (secondary N) is 1. The second kappa shape index (κ2) is 7.49. The summed E-state index contributed by atoms with van der Waals surface area (Å²) in [6.45, 7) is 4.64. The van der Waals surface area contributed by atoms with Gasteiger partial charge in [-0.1, -0.05) is 6.92 Å². The fourth-order valence-electron chi connectivity index (χ4n) is 2.82. The highest BCUT2D eigenvalue weighted by Crippen LogP contribution is 2.34. The number of hydrogen-bond acceptors (Lipinski definition) is 7. The number of pyridine rings is 2. The summed E-state index contributed by atoms with van der Waals surface area (Å²) in [6.07, 6.45) is -2.58. The fraction of sp³-hybridized carbons (Fsp3) is 0.368. The molecule has 164 valence electrons. The summed E-state index contributed by atoms with van der Waals surface area (Å²) in [5.74, 6) is 0.207. The van der Waals surface area contributed by atoms with Crippen molar-refractivity contribution in [2.24, 2.45) is 7.05 Å². The quantitative estimate of drug-likeness (QED) is 0.621. The number of imidazole rings is 1. The van der Waals surface area contributed by atoms with Gasteiger partial charge in [0.25, 0.3) is 0 Å². The Labute approximate surface area is 176 Å². The maximum Gasteiger partial charge on any atom is 0.417 e. The summed E-state index contributed by atoms with van der Waals surface area (Å²) >= 11 is 0. The van der Waals surface area contributed by atoms with Crippen LogP contribution in [0.25, 0.3) is 22.7 Å². The molecule has 0 radical (unpaired) electrons. The lowest BCUT2D eigenvalue weighted by atomic mass is 10.2. The third-order valence-corrected chi connectivity index (χ3v) is 6.31. The van der Waals surface area contributed by atoms with Crippen LogP contribution < -0.4 is 4.74 Å². The van der Waals surface area contributed by atoms with Gasteiger partial charge >= 0.3 is 6.18 Å². The van der Waals surface area contributed by atoms with Gasteiger partial charge in [-0.2, -0.15) is 18.4 Å². The lowest BCUT2D eigenvalue weighted by molar-refractivity contribution is -0.137. The minimum Gasteiger partial charge on any atom is -0.471 e. The van der Waals surface area contributed by atoms with Crippen LogP contribution in [-0.2, 0) is 23.0 Å². The van der Waals surface area contributed by atoms with Crippen molar-refractivity contribution in [3.05, 3.63) is 30.1 Å². The van der Waals surface area contributed by atoms with E-state index in [4.69, 9.17) is 9.52 Å². The van der Waals surface area contributed by atoms with E-state index >= 15 is 0 Å². The number of alkyl halides is 3. The maximum absolute atomic E-state index is 13.0. The molecule has 1 atom stereocenters. The highest BCUT2D eigenvalue weighted by Gasteiger charge is 2.32. The number of ether oxygens (including phenoxy) is 1. The lowest BCUT2D eigenvalue weighted by Crippen LogP contribution is -2.25. The Bertz CT molecular complexity index is 1310. The number of fused-ring (bicyclic) bond motifs is 1. The zero-order valence-corrected chi connectivity index (χ0v) is 17.9. The van der Waals surface area contributed by atoms with Crippen LogP contribution in [0, 0.1) is 16.1 Å². The largest absolute Gasteiger partial charge is 0.471 e. The Morgan fingerprint density at radius 3 is 2.52 bits per heavy atom. The van der Waals surface area contributed by atoms with Crippen molar-refractivity contribution in [1.82, 2.24) is 19.5 Å². The zero-order chi connectivity index (χ0) is 23.2. The van der Waals surface area contributed by atoms with Crippen LogP contribution in [0.1, 0.15) is 26.3 Å². The van der Waals surface area contributed by atoms with E-state index in [1.165, 1.54) is 37.7 Å². The molecule has 3 aromatic rings. The van der Waals surface area contributed by atoms with Gasteiger partial charge in [-0.25, -0.2) is 23.9 Å². The Morgan fingerprint density at radius 1 is 1.26 bits per heavy atom. The third kappa shape index (κ3) is 4.32. The van der Waals surface area contributed by atoms with Gasteiger partial charge in [0.15, 0.2) is 17.1 Å². The molecule has 1 unspecified atom stereocenters. The van der Waals surface area contributed by atoms with Crippen LogP contribution in [0.2, 0.25) is 0 Å². The van der Waals surface area contributed by atoms with E-state index in [-0.39, 0.29) is 39.1 Å². The second-order valence-electron chi connectivity index (χ2n) is 7.26. The van der Waals surface area contributed by atoms with E-state index in [9.17, 15) is 22.6 Å². The molecule has 0 aromatic carbocycles. The van der Waals surface area contributed by atoms with Gasteiger partial charge in [0, 0.05) is 25.1 Å². The van der Waals surface area contributed by atoms with Gasteiger partial charge in [-0.15, -0.1) is 0 Å². The molecule has 3 heterocycles. The molecular weight excluding hydrogens is 433 g/mol. The number of nitrogens with zero attached hydrogens (tertiary/aromatic N) is 5. The number of aromatic nitrogens is 4. The van der Waals surface area contributed by atoms with Crippen molar-refractivity contribution in [1.29, 1.82) is 10.0 Å². The van der Waals surface area contributed by atoms with Crippen LogP contribution in [0.15, 0.2) is 29.4 Å². The lowest BCUT2D eigenvalue weighted by Gasteiger charge is -2.19. The minimum atomic E-state index is -4.58. The predicted molar refractivity (Wildman–Crippen MR) is 107 cm³/mol. The summed E-state index contributed by atoms with van der Waals surface area (Å²) in [7, 11) is -1.79. The Hall–Kier alpha value is -3.20. The summed E-state index contributed by atoms with van der Waals surface area (Å²) < 4.78 is 67.3. The molecule has 0 saturated heterocycles. The van der Waals surface area contributed by atoms with E-state index in [1.54, 1.807) is 6.92 Å². The van der Waals surface area contributed by atoms with Gasteiger partial charge in [0.2, 0.25) is 0 Å². The highest BCUT2D eigenvalue weighted by atomic mass is 32.2. The predicted octanol–water partition coefficient (Wildman–Crippen LogP) is 4.16. The normalized spacial score (nSPS) is 14.3. The number of aryl methyl sites for hydroxylation is 1. The van der Waals surface area contributed by atoms with Crippen LogP contribution >= 0.6 is 0 Å². The van der Waals surface area contributed by atoms with Gasteiger partial charge in [-0.05, 0) is 19.9 Å². The summed E-state index contributed by atoms with van der Waals surface area (Å²) in [5.41, 5.74) is -1.91. The number of rotatable bonds is 5. The van der Waals surface area contributed by atoms with Crippen molar-refractivity contribution in [2.45, 2.75) is 37.4 Å². The molecule has 0 aliphatic carbocycles. The summed E-state index contributed by atoms with van der Waals surface area (Å²) in [5, 5.41) is 9.17. The summed E-state index contributed by atoms with van der Waals surface area (Å²) in [4.78, 5) is 12.3. The van der Waals surface area contributed by atoms with Crippen LogP contribution in [-0.4, -0.2) is 35.1 Å². The Kier molecular flexibility index (Phi) is 5.43. The monoisotopic (exact) mass is 452 g/mol. The first kappa shape index (κ1) is 22.5. The molecule has 1 N–H and O–H groups in total. The van der Waals surface area contributed by atoms with Crippen molar-refractivity contribution in [3.8, 4) is 23.3 Å². The molecule has 0 spiro atoms.